The first-order valence-electron chi connectivity index (χ1n) is 11.2. The molecule has 1 amide bonds. The van der Waals surface area contributed by atoms with Gasteiger partial charge in [-0.3, -0.25) is 14.8 Å². The Bertz CT molecular complexity index is 1190. The number of nitrogens with zero attached hydrogens (tertiary/aromatic N) is 4. The van der Waals surface area contributed by atoms with Crippen molar-refractivity contribution < 1.29 is 22.7 Å². The van der Waals surface area contributed by atoms with E-state index in [2.05, 4.69) is 15.0 Å². The second kappa shape index (κ2) is 8.70. The SMILES string of the molecule is Cc1cnc(C(=O)N2CC3CCC2C(Oc2ccc(C(F)(F)F)cn2)C3)c(-c2ccccn2)c1. The summed E-state index contributed by atoms with van der Waals surface area (Å²) in [6.45, 7) is 2.51. The van der Waals surface area contributed by atoms with Crippen LogP contribution in [0.2, 0.25) is 0 Å². The van der Waals surface area contributed by atoms with E-state index in [0.717, 1.165) is 37.1 Å². The zero-order valence-corrected chi connectivity index (χ0v) is 18.5. The smallest absolute Gasteiger partial charge is 0.417 e. The summed E-state index contributed by atoms with van der Waals surface area (Å²) >= 11 is 0. The van der Waals surface area contributed by atoms with E-state index in [4.69, 9.17) is 4.74 Å². The van der Waals surface area contributed by atoms with Gasteiger partial charge in [-0.25, -0.2) is 4.98 Å². The maximum atomic E-state index is 13.7. The van der Waals surface area contributed by atoms with Gasteiger partial charge < -0.3 is 9.64 Å². The Balaban J connectivity index is 1.40. The van der Waals surface area contributed by atoms with Crippen molar-refractivity contribution in [1.82, 2.24) is 19.9 Å². The molecular formula is C25H23F3N4O2. The number of amides is 1. The van der Waals surface area contributed by atoms with Gasteiger partial charge in [0, 0.05) is 36.8 Å². The number of hydrogen-bond donors (Lipinski definition) is 0. The monoisotopic (exact) mass is 468 g/mol. The maximum Gasteiger partial charge on any atom is 0.417 e. The third kappa shape index (κ3) is 4.34. The van der Waals surface area contributed by atoms with E-state index in [1.54, 1.807) is 17.3 Å². The lowest BCUT2D eigenvalue weighted by molar-refractivity contribution is -0.137. The highest BCUT2D eigenvalue weighted by Gasteiger charge is 2.45. The molecule has 0 N–H and O–H groups in total. The van der Waals surface area contributed by atoms with Gasteiger partial charge in [0.15, 0.2) is 0 Å². The van der Waals surface area contributed by atoms with Gasteiger partial charge in [0.2, 0.25) is 5.88 Å². The molecule has 3 aromatic heterocycles. The van der Waals surface area contributed by atoms with Gasteiger partial charge in [-0.2, -0.15) is 13.2 Å². The number of rotatable bonds is 4. The number of carbonyl (C=O) groups is 1. The van der Waals surface area contributed by atoms with Crippen molar-refractivity contribution in [3.8, 4) is 17.1 Å². The maximum absolute atomic E-state index is 13.7. The van der Waals surface area contributed by atoms with Crippen molar-refractivity contribution in [1.29, 1.82) is 0 Å². The number of halogens is 3. The Morgan fingerprint density at radius 3 is 2.62 bits per heavy atom. The van der Waals surface area contributed by atoms with Gasteiger partial charge in [-0.05, 0) is 61.9 Å². The molecule has 1 aliphatic carbocycles. The summed E-state index contributed by atoms with van der Waals surface area (Å²) in [7, 11) is 0. The van der Waals surface area contributed by atoms with Crippen LogP contribution in [0.4, 0.5) is 13.2 Å². The van der Waals surface area contributed by atoms with Crippen LogP contribution in [0, 0.1) is 12.8 Å². The summed E-state index contributed by atoms with van der Waals surface area (Å²) in [6.07, 6.45) is 1.78. The second-order valence-corrected chi connectivity index (χ2v) is 8.87. The molecule has 3 fully saturated rings. The highest BCUT2D eigenvalue weighted by molar-refractivity contribution is 5.99. The first-order valence-corrected chi connectivity index (χ1v) is 11.2. The Hall–Kier alpha value is -3.49. The molecule has 9 heteroatoms. The van der Waals surface area contributed by atoms with Crippen molar-refractivity contribution in [2.24, 2.45) is 5.92 Å². The Kier molecular flexibility index (Phi) is 5.71. The van der Waals surface area contributed by atoms with Crippen LogP contribution in [0.15, 0.2) is 55.0 Å². The van der Waals surface area contributed by atoms with Crippen molar-refractivity contribution >= 4 is 5.91 Å². The van der Waals surface area contributed by atoms with E-state index in [-0.39, 0.29) is 29.9 Å². The summed E-state index contributed by atoms with van der Waals surface area (Å²) in [4.78, 5) is 28.2. The molecule has 6 nitrogen and oxygen atoms in total. The van der Waals surface area contributed by atoms with Gasteiger partial charge in [0.05, 0.1) is 17.3 Å². The van der Waals surface area contributed by atoms with Crippen molar-refractivity contribution in [3.63, 3.8) is 0 Å². The van der Waals surface area contributed by atoms with E-state index in [0.29, 0.717) is 23.5 Å². The van der Waals surface area contributed by atoms with Crippen LogP contribution < -0.4 is 4.74 Å². The fourth-order valence-electron chi connectivity index (χ4n) is 4.86. The minimum Gasteiger partial charge on any atom is -0.472 e. The van der Waals surface area contributed by atoms with Crippen molar-refractivity contribution in [2.75, 3.05) is 6.54 Å². The number of aryl methyl sites for hydroxylation is 1. The van der Waals surface area contributed by atoms with Gasteiger partial charge in [0.25, 0.3) is 5.91 Å². The standard InChI is InChI=1S/C25H23F3N4O2/c1-15-10-18(19-4-2-3-9-29-19)23(31-12-15)24(33)32-14-16-5-7-20(32)21(11-16)34-22-8-6-17(13-30-22)25(26,27)28/h2-4,6,8-10,12-13,16,20-21H,5,7,11,14H2,1H3. The third-order valence-electron chi connectivity index (χ3n) is 6.49. The van der Waals surface area contributed by atoms with E-state index >= 15 is 0 Å². The largest absolute Gasteiger partial charge is 0.472 e. The van der Waals surface area contributed by atoms with Crippen LogP contribution >= 0.6 is 0 Å². The number of piperidine rings is 2. The molecule has 34 heavy (non-hydrogen) atoms. The second-order valence-electron chi connectivity index (χ2n) is 8.87. The summed E-state index contributed by atoms with van der Waals surface area (Å²) in [6, 6.07) is 9.42. The number of alkyl halides is 3. The topological polar surface area (TPSA) is 68.2 Å². The number of ether oxygens (including phenoxy) is 1. The summed E-state index contributed by atoms with van der Waals surface area (Å²) in [5.41, 5.74) is 1.78. The number of aromatic nitrogens is 3. The summed E-state index contributed by atoms with van der Waals surface area (Å²) in [5.74, 6) is 0.182. The molecule has 0 aromatic carbocycles. The molecule has 0 radical (unpaired) electrons. The van der Waals surface area contributed by atoms with Gasteiger partial charge >= 0.3 is 6.18 Å². The van der Waals surface area contributed by atoms with E-state index in [1.165, 1.54) is 6.07 Å². The van der Waals surface area contributed by atoms with Gasteiger partial charge in [-0.15, -0.1) is 0 Å². The molecule has 3 aliphatic rings. The summed E-state index contributed by atoms with van der Waals surface area (Å²) in [5, 5.41) is 0. The minimum atomic E-state index is -4.45. The van der Waals surface area contributed by atoms with Crippen LogP contribution in [0.1, 0.15) is 40.9 Å². The van der Waals surface area contributed by atoms with Crippen molar-refractivity contribution in [3.05, 3.63) is 71.8 Å². The normalized spacial score (nSPS) is 22.0. The first-order chi connectivity index (χ1) is 16.3. The number of pyridine rings is 3. The van der Waals surface area contributed by atoms with Crippen LogP contribution in [-0.2, 0) is 6.18 Å². The zero-order chi connectivity index (χ0) is 23.9. The van der Waals surface area contributed by atoms with Crippen molar-refractivity contribution in [2.45, 2.75) is 44.5 Å². The van der Waals surface area contributed by atoms with Crippen LogP contribution in [0.3, 0.4) is 0 Å². The molecule has 2 bridgehead atoms. The molecule has 3 unspecified atom stereocenters. The lowest BCUT2D eigenvalue weighted by atomic mass is 9.77. The summed E-state index contributed by atoms with van der Waals surface area (Å²) < 4.78 is 44.5. The molecule has 176 valence electrons. The average Bonchev–Trinajstić information content (AvgIpc) is 2.84. The lowest BCUT2D eigenvalue weighted by Gasteiger charge is -2.49. The van der Waals surface area contributed by atoms with E-state index < -0.39 is 11.7 Å². The fraction of sp³-hybridized carbons (Fsp3) is 0.360. The Morgan fingerprint density at radius 2 is 1.94 bits per heavy atom. The molecule has 1 saturated carbocycles. The van der Waals surface area contributed by atoms with Gasteiger partial charge in [-0.1, -0.05) is 6.07 Å². The fourth-order valence-corrected chi connectivity index (χ4v) is 4.86. The quantitative estimate of drug-likeness (QED) is 0.543. The first kappa shape index (κ1) is 22.3. The molecule has 3 atom stereocenters. The van der Waals surface area contributed by atoms with Crippen LogP contribution in [0.5, 0.6) is 5.88 Å². The van der Waals surface area contributed by atoms with Gasteiger partial charge in [0.1, 0.15) is 11.8 Å². The Labute approximate surface area is 194 Å². The van der Waals surface area contributed by atoms with Crippen LogP contribution in [0.25, 0.3) is 11.3 Å². The number of carbonyl (C=O) groups excluding carboxylic acids is 1. The minimum absolute atomic E-state index is 0.126. The average molecular weight is 468 g/mol. The molecule has 5 heterocycles. The molecule has 6 rings (SSSR count). The van der Waals surface area contributed by atoms with E-state index in [1.807, 2.05) is 31.2 Å². The molecular weight excluding hydrogens is 445 g/mol. The Morgan fingerprint density at radius 1 is 1.09 bits per heavy atom. The number of fused-ring (bicyclic) bond motifs is 3. The number of hydrogen-bond acceptors (Lipinski definition) is 5. The van der Waals surface area contributed by atoms with Crippen LogP contribution in [-0.4, -0.2) is 44.4 Å². The zero-order valence-electron chi connectivity index (χ0n) is 18.5. The lowest BCUT2D eigenvalue weighted by Crippen LogP contribution is -2.59. The molecule has 0 spiro atoms. The van der Waals surface area contributed by atoms with E-state index in [9.17, 15) is 18.0 Å². The molecule has 3 aromatic rings. The highest BCUT2D eigenvalue weighted by atomic mass is 19.4. The molecule has 2 aliphatic heterocycles. The third-order valence-corrected chi connectivity index (χ3v) is 6.49. The highest BCUT2D eigenvalue weighted by Crippen LogP contribution is 2.39. The molecule has 2 saturated heterocycles. The predicted molar refractivity (Wildman–Crippen MR) is 118 cm³/mol. The predicted octanol–water partition coefficient (Wildman–Crippen LogP) is 4.94.